The number of benzene rings is 1. The van der Waals surface area contributed by atoms with Gasteiger partial charge in [-0.05, 0) is 37.5 Å². The summed E-state index contributed by atoms with van der Waals surface area (Å²) in [5.41, 5.74) is -1.97. The van der Waals surface area contributed by atoms with Gasteiger partial charge in [0, 0.05) is 61.2 Å². The van der Waals surface area contributed by atoms with Crippen molar-refractivity contribution in [1.82, 2.24) is 15.1 Å². The summed E-state index contributed by atoms with van der Waals surface area (Å²) in [5.74, 6) is -3.72. The van der Waals surface area contributed by atoms with E-state index in [0.717, 1.165) is 28.7 Å². The third-order valence-corrected chi connectivity index (χ3v) is 7.93. The van der Waals surface area contributed by atoms with E-state index in [9.17, 15) is 35.6 Å². The zero-order chi connectivity index (χ0) is 29.2. The van der Waals surface area contributed by atoms with Gasteiger partial charge in [0.15, 0.2) is 15.5 Å². The van der Waals surface area contributed by atoms with E-state index in [2.05, 4.69) is 5.32 Å². The van der Waals surface area contributed by atoms with Crippen molar-refractivity contribution in [3.05, 3.63) is 46.1 Å². The van der Waals surface area contributed by atoms with Crippen molar-refractivity contribution in [3.63, 3.8) is 0 Å². The molecule has 7 nitrogen and oxygen atoms in total. The summed E-state index contributed by atoms with van der Waals surface area (Å²) in [6, 6.07) is 2.76. The predicted octanol–water partition coefficient (Wildman–Crippen LogP) is 3.84. The first-order chi connectivity index (χ1) is 18.0. The molecular formula is C25H31ClF5N3O4S. The molecule has 0 aromatic heterocycles. The number of carbonyl (C=O) groups excluding carboxylic acids is 2. The van der Waals surface area contributed by atoms with Crippen LogP contribution in [0.25, 0.3) is 0 Å². The van der Waals surface area contributed by atoms with E-state index in [4.69, 9.17) is 11.6 Å². The summed E-state index contributed by atoms with van der Waals surface area (Å²) in [6.45, 7) is -0.117. The van der Waals surface area contributed by atoms with Crippen molar-refractivity contribution in [2.75, 3.05) is 39.0 Å². The molecule has 2 heterocycles. The van der Waals surface area contributed by atoms with Gasteiger partial charge in [0.05, 0.1) is 12.5 Å². The van der Waals surface area contributed by atoms with Crippen molar-refractivity contribution in [2.45, 2.75) is 50.0 Å². The second-order valence-corrected chi connectivity index (χ2v) is 12.6. The average molecular weight is 600 g/mol. The highest BCUT2D eigenvalue weighted by molar-refractivity contribution is 7.93. The number of hydrogen-bond acceptors (Lipinski definition) is 5. The Morgan fingerprint density at radius 1 is 1.23 bits per heavy atom. The molecule has 2 saturated heterocycles. The number of nitrogens with one attached hydrogen (secondary N) is 1. The van der Waals surface area contributed by atoms with Crippen molar-refractivity contribution < 1.29 is 40.0 Å². The van der Waals surface area contributed by atoms with E-state index in [0.29, 0.717) is 5.56 Å². The molecule has 2 amide bonds. The van der Waals surface area contributed by atoms with Gasteiger partial charge in [0.1, 0.15) is 5.82 Å². The predicted molar refractivity (Wildman–Crippen MR) is 136 cm³/mol. The fourth-order valence-electron chi connectivity index (χ4n) is 5.06. The third-order valence-electron chi connectivity index (χ3n) is 6.95. The molecule has 0 aliphatic carbocycles. The lowest BCUT2D eigenvalue weighted by Crippen LogP contribution is -2.47. The third kappa shape index (κ3) is 8.62. The summed E-state index contributed by atoms with van der Waals surface area (Å²) in [7, 11) is -3.43. The van der Waals surface area contributed by atoms with Crippen molar-refractivity contribution in [1.29, 1.82) is 0 Å². The molecule has 0 unspecified atom stereocenters. The molecule has 3 rings (SSSR count). The van der Waals surface area contributed by atoms with Crippen molar-refractivity contribution in [3.8, 4) is 0 Å². The summed E-state index contributed by atoms with van der Waals surface area (Å²) in [5, 5.41) is 3.34. The van der Waals surface area contributed by atoms with Gasteiger partial charge >= 0.3 is 6.18 Å². The molecule has 2 fully saturated rings. The number of rotatable bonds is 7. The smallest absolute Gasteiger partial charge is 0.347 e. The van der Waals surface area contributed by atoms with E-state index in [-0.39, 0.29) is 50.5 Å². The highest BCUT2D eigenvalue weighted by atomic mass is 35.5. The lowest BCUT2D eigenvalue weighted by atomic mass is 9.87. The van der Waals surface area contributed by atoms with Crippen LogP contribution in [-0.4, -0.2) is 86.9 Å². The number of halogens is 6. The average Bonchev–Trinajstić information content (AvgIpc) is 3.08. The fraction of sp³-hybridized carbons (Fsp3) is 0.600. The molecular weight excluding hydrogens is 569 g/mol. The first-order valence-electron chi connectivity index (χ1n) is 12.4. The van der Waals surface area contributed by atoms with Gasteiger partial charge in [0.25, 0.3) is 5.91 Å². The molecule has 2 aliphatic heterocycles. The number of hydrogen-bond donors (Lipinski definition) is 1. The van der Waals surface area contributed by atoms with Gasteiger partial charge in [0.2, 0.25) is 5.91 Å². The van der Waals surface area contributed by atoms with Gasteiger partial charge in [-0.25, -0.2) is 17.2 Å². The van der Waals surface area contributed by atoms with Crippen LogP contribution in [0.15, 0.2) is 29.7 Å². The fourth-order valence-corrected chi connectivity index (χ4v) is 5.89. The van der Waals surface area contributed by atoms with Crippen LogP contribution in [0.2, 0.25) is 5.02 Å². The van der Waals surface area contributed by atoms with Crippen LogP contribution in [-0.2, 0) is 19.4 Å². The van der Waals surface area contributed by atoms with E-state index in [1.54, 1.807) is 0 Å². The maximum Gasteiger partial charge on any atom is 0.401 e. The zero-order valence-electron chi connectivity index (χ0n) is 21.5. The molecule has 0 saturated carbocycles. The number of likely N-dealkylation sites (tertiary alicyclic amines) is 2. The summed E-state index contributed by atoms with van der Waals surface area (Å²) in [6.07, 6.45) is -2.70. The Bertz CT molecular complexity index is 1210. The lowest BCUT2D eigenvalue weighted by Gasteiger charge is -2.28. The largest absolute Gasteiger partial charge is 0.401 e. The molecule has 0 bridgehead atoms. The van der Waals surface area contributed by atoms with Crippen LogP contribution in [0.3, 0.4) is 0 Å². The van der Waals surface area contributed by atoms with Gasteiger partial charge in [-0.1, -0.05) is 23.7 Å². The standard InChI is InChI=1S/C25H31ClF5N3O4S/c1-16(6-11-39(2,37)38)32-23(36)24(28)7-3-9-34(10-8-24)22(35)20-14-33(15-25(29,30)31)13-19(20)18-5-4-17(27)12-21(18)26/h4-6,11-12,16,19-20H,3,7-10,13-15H2,1-2H3,(H,32,36)/b11-6-/t16-,19+,20+,24-/m1/s1. The molecule has 218 valence electrons. The topological polar surface area (TPSA) is 86.8 Å². The van der Waals surface area contributed by atoms with E-state index in [1.807, 2.05) is 0 Å². The van der Waals surface area contributed by atoms with Crippen LogP contribution in [0.1, 0.15) is 37.7 Å². The second kappa shape index (κ2) is 12.1. The number of alkyl halides is 4. The minimum absolute atomic E-state index is 0.000939. The molecule has 1 N–H and O–H groups in total. The first-order valence-corrected chi connectivity index (χ1v) is 14.7. The van der Waals surface area contributed by atoms with Gasteiger partial charge in [-0.2, -0.15) is 13.2 Å². The molecule has 1 aromatic carbocycles. The summed E-state index contributed by atoms with van der Waals surface area (Å²) in [4.78, 5) is 28.7. The van der Waals surface area contributed by atoms with Crippen LogP contribution >= 0.6 is 11.6 Å². The number of amides is 2. The van der Waals surface area contributed by atoms with E-state index < -0.39 is 63.7 Å². The van der Waals surface area contributed by atoms with Gasteiger partial charge < -0.3 is 10.2 Å². The Morgan fingerprint density at radius 2 is 1.92 bits per heavy atom. The van der Waals surface area contributed by atoms with Gasteiger partial charge in [-0.3, -0.25) is 14.5 Å². The SMILES string of the molecule is C[C@H](/C=C\S(C)(=O)=O)NC(=O)[C@@]1(F)CCCN(C(=O)[C@H]2CN(CC(F)(F)F)C[C@H]2c2ccc(F)cc2Cl)CC1. The Labute approximate surface area is 229 Å². The van der Waals surface area contributed by atoms with Crippen LogP contribution in [0, 0.1) is 11.7 Å². The molecule has 4 atom stereocenters. The summed E-state index contributed by atoms with van der Waals surface area (Å²) >= 11 is 6.20. The van der Waals surface area contributed by atoms with Crippen molar-refractivity contribution >= 4 is 33.3 Å². The lowest BCUT2D eigenvalue weighted by molar-refractivity contribution is -0.146. The molecule has 0 spiro atoms. The number of nitrogens with zero attached hydrogens (tertiary/aromatic N) is 2. The normalized spacial score (nSPS) is 26.0. The van der Waals surface area contributed by atoms with E-state index in [1.165, 1.54) is 24.0 Å². The maximum absolute atomic E-state index is 15.7. The van der Waals surface area contributed by atoms with Crippen LogP contribution in [0.5, 0.6) is 0 Å². The minimum Gasteiger partial charge on any atom is -0.347 e. The molecule has 0 radical (unpaired) electrons. The van der Waals surface area contributed by atoms with Crippen molar-refractivity contribution in [2.24, 2.45) is 5.92 Å². The minimum atomic E-state index is -4.49. The Morgan fingerprint density at radius 3 is 2.54 bits per heavy atom. The Balaban J connectivity index is 1.74. The highest BCUT2D eigenvalue weighted by Gasteiger charge is 2.46. The second-order valence-electron chi connectivity index (χ2n) is 10.3. The van der Waals surface area contributed by atoms with Crippen LogP contribution < -0.4 is 5.32 Å². The Kier molecular flexibility index (Phi) is 9.70. The quantitative estimate of drug-likeness (QED) is 0.482. The first kappa shape index (κ1) is 31.3. The molecule has 2 aliphatic rings. The van der Waals surface area contributed by atoms with Crippen LogP contribution in [0.4, 0.5) is 22.0 Å². The highest BCUT2D eigenvalue weighted by Crippen LogP contribution is 2.39. The number of sulfone groups is 1. The van der Waals surface area contributed by atoms with Gasteiger partial charge in [-0.15, -0.1) is 0 Å². The summed E-state index contributed by atoms with van der Waals surface area (Å²) < 4.78 is 91.3. The molecule has 1 aromatic rings. The monoisotopic (exact) mass is 599 g/mol. The maximum atomic E-state index is 15.7. The van der Waals surface area contributed by atoms with E-state index >= 15 is 4.39 Å². The number of carbonyl (C=O) groups is 2. The Hall–Kier alpha value is -2.25. The molecule has 14 heteroatoms. The molecule has 39 heavy (non-hydrogen) atoms. The zero-order valence-corrected chi connectivity index (χ0v) is 23.1.